The van der Waals surface area contributed by atoms with Crippen molar-refractivity contribution in [2.75, 3.05) is 36.4 Å². The highest BCUT2D eigenvalue weighted by atomic mass is 35.5. The van der Waals surface area contributed by atoms with Crippen LogP contribution in [0, 0.1) is 0 Å². The fourth-order valence-corrected chi connectivity index (χ4v) is 4.87. The van der Waals surface area contributed by atoms with Crippen LogP contribution >= 0.6 is 23.2 Å². The monoisotopic (exact) mass is 486 g/mol. The molecule has 1 N–H and O–H groups in total. The molecule has 0 atom stereocenters. The van der Waals surface area contributed by atoms with Crippen LogP contribution in [0.4, 0.5) is 29.3 Å². The van der Waals surface area contributed by atoms with Gasteiger partial charge in [0.2, 0.25) is 0 Å². The summed E-state index contributed by atoms with van der Waals surface area (Å²) >= 11 is 12.3. The summed E-state index contributed by atoms with van der Waals surface area (Å²) in [6.07, 6.45) is 1.11. The van der Waals surface area contributed by atoms with Crippen LogP contribution < -0.4 is 10.2 Å². The number of aromatic nitrogens is 1. The van der Waals surface area contributed by atoms with Gasteiger partial charge >= 0.3 is 12.2 Å². The lowest BCUT2D eigenvalue weighted by Gasteiger charge is -2.32. The zero-order valence-electron chi connectivity index (χ0n) is 17.3. The molecule has 0 bridgehead atoms. The SMILES string of the molecule is O=C(Nc1ccc(C(F)(F)F)c(Cl)c1)N1CCC(c2ncc(N3CCCC3)cc2Cl)CC1. The van der Waals surface area contributed by atoms with Gasteiger partial charge in [-0.15, -0.1) is 0 Å². The number of alkyl halides is 3. The van der Waals surface area contributed by atoms with Crippen LogP contribution in [0.15, 0.2) is 30.5 Å². The summed E-state index contributed by atoms with van der Waals surface area (Å²) in [5.74, 6) is 0.152. The van der Waals surface area contributed by atoms with Crippen molar-refractivity contribution in [1.29, 1.82) is 0 Å². The second kappa shape index (κ2) is 9.35. The van der Waals surface area contributed by atoms with Crippen molar-refractivity contribution in [3.63, 3.8) is 0 Å². The fourth-order valence-electron chi connectivity index (χ4n) is 4.27. The molecule has 0 radical (unpaired) electrons. The highest BCUT2D eigenvalue weighted by Crippen LogP contribution is 2.36. The summed E-state index contributed by atoms with van der Waals surface area (Å²) in [5, 5.41) is 2.82. The Hall–Kier alpha value is -2.19. The van der Waals surface area contributed by atoms with Gasteiger partial charge in [0.05, 0.1) is 33.2 Å². The zero-order valence-corrected chi connectivity index (χ0v) is 18.8. The van der Waals surface area contributed by atoms with Crippen molar-refractivity contribution in [3.8, 4) is 0 Å². The number of benzene rings is 1. The smallest absolute Gasteiger partial charge is 0.370 e. The Morgan fingerprint density at radius 2 is 1.72 bits per heavy atom. The van der Waals surface area contributed by atoms with E-state index in [1.54, 1.807) is 4.90 Å². The Labute approximate surface area is 194 Å². The van der Waals surface area contributed by atoms with E-state index in [1.165, 1.54) is 18.9 Å². The zero-order chi connectivity index (χ0) is 22.9. The summed E-state index contributed by atoms with van der Waals surface area (Å²) in [7, 11) is 0. The molecule has 0 aliphatic carbocycles. The highest BCUT2D eigenvalue weighted by molar-refractivity contribution is 6.32. The molecule has 0 saturated carbocycles. The summed E-state index contributed by atoms with van der Waals surface area (Å²) in [4.78, 5) is 21.1. The van der Waals surface area contributed by atoms with E-state index in [0.29, 0.717) is 31.0 Å². The number of likely N-dealkylation sites (tertiary alicyclic amines) is 1. The van der Waals surface area contributed by atoms with Gasteiger partial charge in [-0.2, -0.15) is 13.2 Å². The van der Waals surface area contributed by atoms with Gasteiger partial charge in [-0.1, -0.05) is 23.2 Å². The van der Waals surface area contributed by atoms with Crippen LogP contribution in [-0.4, -0.2) is 42.1 Å². The molecule has 0 unspecified atom stereocenters. The molecule has 3 heterocycles. The minimum Gasteiger partial charge on any atom is -0.370 e. The molecular formula is C22H23Cl2F3N4O. The number of urea groups is 1. The van der Waals surface area contributed by atoms with E-state index in [2.05, 4.69) is 15.2 Å². The molecule has 2 saturated heterocycles. The number of nitrogens with zero attached hydrogens (tertiary/aromatic N) is 3. The van der Waals surface area contributed by atoms with Crippen molar-refractivity contribution >= 4 is 40.6 Å². The van der Waals surface area contributed by atoms with Crippen molar-refractivity contribution in [3.05, 3.63) is 51.8 Å². The molecule has 1 aromatic heterocycles. The predicted molar refractivity (Wildman–Crippen MR) is 120 cm³/mol. The molecule has 2 amide bonds. The molecule has 10 heteroatoms. The summed E-state index contributed by atoms with van der Waals surface area (Å²) in [6, 6.07) is 4.78. The van der Waals surface area contributed by atoms with E-state index >= 15 is 0 Å². The number of nitrogens with one attached hydrogen (secondary N) is 1. The van der Waals surface area contributed by atoms with Gasteiger partial charge in [0, 0.05) is 37.8 Å². The molecule has 2 aliphatic rings. The largest absolute Gasteiger partial charge is 0.417 e. The predicted octanol–water partition coefficient (Wildman–Crippen LogP) is 6.42. The van der Waals surface area contributed by atoms with Gasteiger partial charge in [-0.3, -0.25) is 4.98 Å². The number of hydrogen-bond donors (Lipinski definition) is 1. The maximum absolute atomic E-state index is 12.8. The van der Waals surface area contributed by atoms with Crippen LogP contribution in [0.3, 0.4) is 0 Å². The van der Waals surface area contributed by atoms with Crippen LogP contribution in [0.5, 0.6) is 0 Å². The van der Waals surface area contributed by atoms with Crippen molar-refractivity contribution in [2.24, 2.45) is 0 Å². The van der Waals surface area contributed by atoms with E-state index < -0.39 is 16.8 Å². The maximum atomic E-state index is 12.8. The number of rotatable bonds is 3. The number of anilines is 2. The third-order valence-electron chi connectivity index (χ3n) is 6.02. The van der Waals surface area contributed by atoms with Gasteiger partial charge in [0.1, 0.15) is 0 Å². The third-order valence-corrected chi connectivity index (χ3v) is 6.64. The van der Waals surface area contributed by atoms with E-state index in [-0.39, 0.29) is 17.6 Å². The summed E-state index contributed by atoms with van der Waals surface area (Å²) < 4.78 is 38.5. The van der Waals surface area contributed by atoms with Crippen LogP contribution in [-0.2, 0) is 6.18 Å². The lowest BCUT2D eigenvalue weighted by molar-refractivity contribution is -0.137. The number of pyridine rings is 1. The third kappa shape index (κ3) is 5.07. The first-order chi connectivity index (χ1) is 15.2. The Kier molecular flexibility index (Phi) is 6.72. The lowest BCUT2D eigenvalue weighted by Crippen LogP contribution is -2.40. The Morgan fingerprint density at radius 3 is 2.31 bits per heavy atom. The Morgan fingerprint density at radius 1 is 1.03 bits per heavy atom. The quantitative estimate of drug-likeness (QED) is 0.544. The van der Waals surface area contributed by atoms with Gasteiger partial charge in [-0.05, 0) is 49.9 Å². The highest BCUT2D eigenvalue weighted by Gasteiger charge is 2.33. The molecule has 2 aromatic rings. The molecular weight excluding hydrogens is 464 g/mol. The fraction of sp³-hybridized carbons (Fsp3) is 0.455. The van der Waals surface area contributed by atoms with Crippen LogP contribution in [0.1, 0.15) is 42.9 Å². The second-order valence-electron chi connectivity index (χ2n) is 8.14. The van der Waals surface area contributed by atoms with E-state index in [0.717, 1.165) is 36.6 Å². The molecule has 172 valence electrons. The number of carbonyl (C=O) groups excluding carboxylic acids is 1. The second-order valence-corrected chi connectivity index (χ2v) is 8.95. The molecule has 2 fully saturated rings. The van der Waals surface area contributed by atoms with Crippen molar-refractivity contribution in [1.82, 2.24) is 9.88 Å². The molecule has 2 aliphatic heterocycles. The molecule has 32 heavy (non-hydrogen) atoms. The van der Waals surface area contributed by atoms with Gasteiger partial charge in [0.25, 0.3) is 0 Å². The van der Waals surface area contributed by atoms with Crippen LogP contribution in [0.25, 0.3) is 0 Å². The maximum Gasteiger partial charge on any atom is 0.417 e. The summed E-state index contributed by atoms with van der Waals surface area (Å²) in [5.41, 5.74) is 1.18. The normalized spacial score (nSPS) is 17.7. The first-order valence-corrected chi connectivity index (χ1v) is 11.3. The van der Waals surface area contributed by atoms with Crippen molar-refractivity contribution in [2.45, 2.75) is 37.8 Å². The van der Waals surface area contributed by atoms with E-state index in [1.807, 2.05) is 12.3 Å². The number of carbonyl (C=O) groups is 1. The standard InChI is InChI=1S/C22H23Cl2F3N4O/c23-18-11-15(3-4-17(18)22(25,26)27)29-21(32)31-9-5-14(6-10-31)20-19(24)12-16(13-28-20)30-7-1-2-8-30/h3-4,11-14H,1-2,5-10H2,(H,29,32). The Bertz CT molecular complexity index is 988. The first-order valence-electron chi connectivity index (χ1n) is 10.6. The molecule has 0 spiro atoms. The topological polar surface area (TPSA) is 48.5 Å². The summed E-state index contributed by atoms with van der Waals surface area (Å²) in [6.45, 7) is 3.04. The minimum atomic E-state index is -4.54. The average molecular weight is 487 g/mol. The number of hydrogen-bond acceptors (Lipinski definition) is 3. The number of halogens is 5. The molecule has 1 aromatic carbocycles. The number of amides is 2. The van der Waals surface area contributed by atoms with Gasteiger partial charge in [-0.25, -0.2) is 4.79 Å². The molecule has 4 rings (SSSR count). The Balaban J connectivity index is 1.34. The van der Waals surface area contributed by atoms with E-state index in [9.17, 15) is 18.0 Å². The lowest BCUT2D eigenvalue weighted by atomic mass is 9.93. The molecule has 5 nitrogen and oxygen atoms in total. The van der Waals surface area contributed by atoms with Gasteiger partial charge < -0.3 is 15.1 Å². The van der Waals surface area contributed by atoms with Crippen LogP contribution in [0.2, 0.25) is 10.0 Å². The van der Waals surface area contributed by atoms with E-state index in [4.69, 9.17) is 23.2 Å². The number of piperidine rings is 1. The first kappa shape index (κ1) is 23.0. The van der Waals surface area contributed by atoms with Gasteiger partial charge in [0.15, 0.2) is 0 Å². The minimum absolute atomic E-state index is 0.152. The average Bonchev–Trinajstić information content (AvgIpc) is 3.28. The van der Waals surface area contributed by atoms with Crippen molar-refractivity contribution < 1.29 is 18.0 Å².